The summed E-state index contributed by atoms with van der Waals surface area (Å²) in [5.74, 6) is -0.194. The standard InChI is InChI=1S/C17H15ClN2O/c1-10-7-11(2)16(13(18)8-10)20-17(21)15-9-12-5-3-4-6-14(12)19-15/h3-9,19H,1-2H3,(H,20,21). The van der Waals surface area contributed by atoms with E-state index >= 15 is 0 Å². The molecule has 2 aromatic carbocycles. The number of hydrogen-bond donors (Lipinski definition) is 2. The van der Waals surface area contributed by atoms with Gasteiger partial charge in [0.1, 0.15) is 5.69 Å². The van der Waals surface area contributed by atoms with Crippen LogP contribution in [0.25, 0.3) is 10.9 Å². The summed E-state index contributed by atoms with van der Waals surface area (Å²) in [4.78, 5) is 15.5. The molecule has 1 aromatic heterocycles. The normalized spacial score (nSPS) is 10.8. The van der Waals surface area contributed by atoms with Crippen molar-refractivity contribution in [1.82, 2.24) is 4.98 Å². The Labute approximate surface area is 127 Å². The Morgan fingerprint density at radius 2 is 1.90 bits per heavy atom. The number of aromatic amines is 1. The van der Waals surface area contributed by atoms with Crippen molar-refractivity contribution in [3.63, 3.8) is 0 Å². The molecule has 3 nitrogen and oxygen atoms in total. The maximum atomic E-state index is 12.4. The molecule has 0 radical (unpaired) electrons. The van der Waals surface area contributed by atoms with E-state index in [1.807, 2.05) is 56.3 Å². The molecule has 106 valence electrons. The fourth-order valence-corrected chi connectivity index (χ4v) is 2.82. The number of aryl methyl sites for hydroxylation is 2. The number of halogens is 1. The highest BCUT2D eigenvalue weighted by Crippen LogP contribution is 2.28. The molecule has 21 heavy (non-hydrogen) atoms. The van der Waals surface area contributed by atoms with Crippen molar-refractivity contribution in [2.75, 3.05) is 5.32 Å². The second kappa shape index (κ2) is 5.26. The highest BCUT2D eigenvalue weighted by atomic mass is 35.5. The van der Waals surface area contributed by atoms with E-state index in [9.17, 15) is 4.79 Å². The maximum Gasteiger partial charge on any atom is 0.272 e. The quantitative estimate of drug-likeness (QED) is 0.708. The first-order valence-electron chi connectivity index (χ1n) is 6.70. The summed E-state index contributed by atoms with van der Waals surface area (Å²) in [5.41, 5.74) is 4.14. The molecule has 0 unspecified atom stereocenters. The van der Waals surface area contributed by atoms with Crippen LogP contribution < -0.4 is 5.32 Å². The molecule has 0 atom stereocenters. The minimum absolute atomic E-state index is 0.194. The Kier molecular flexibility index (Phi) is 3.43. The van der Waals surface area contributed by atoms with Gasteiger partial charge >= 0.3 is 0 Å². The molecule has 1 amide bonds. The van der Waals surface area contributed by atoms with Crippen molar-refractivity contribution < 1.29 is 4.79 Å². The van der Waals surface area contributed by atoms with Crippen LogP contribution in [0.15, 0.2) is 42.5 Å². The molecular weight excluding hydrogens is 284 g/mol. The lowest BCUT2D eigenvalue weighted by atomic mass is 10.1. The van der Waals surface area contributed by atoms with Crippen molar-refractivity contribution in [1.29, 1.82) is 0 Å². The molecule has 2 N–H and O–H groups in total. The van der Waals surface area contributed by atoms with Gasteiger partial charge in [-0.05, 0) is 43.2 Å². The zero-order chi connectivity index (χ0) is 15.0. The molecule has 0 spiro atoms. The lowest BCUT2D eigenvalue weighted by Gasteiger charge is -2.10. The number of fused-ring (bicyclic) bond motifs is 1. The summed E-state index contributed by atoms with van der Waals surface area (Å²) in [6, 6.07) is 13.5. The maximum absolute atomic E-state index is 12.4. The average molecular weight is 299 g/mol. The van der Waals surface area contributed by atoms with Gasteiger partial charge in [-0.25, -0.2) is 0 Å². The number of H-pyrrole nitrogens is 1. The third-order valence-corrected chi connectivity index (χ3v) is 3.74. The molecule has 3 aromatic rings. The van der Waals surface area contributed by atoms with E-state index in [-0.39, 0.29) is 5.91 Å². The average Bonchev–Trinajstić information content (AvgIpc) is 2.86. The molecule has 3 rings (SSSR count). The van der Waals surface area contributed by atoms with Crippen molar-refractivity contribution in [3.05, 3.63) is 64.3 Å². The molecule has 4 heteroatoms. The first-order valence-corrected chi connectivity index (χ1v) is 7.08. The van der Waals surface area contributed by atoms with Crippen LogP contribution in [-0.2, 0) is 0 Å². The van der Waals surface area contributed by atoms with E-state index in [4.69, 9.17) is 11.6 Å². The van der Waals surface area contributed by atoms with Gasteiger partial charge in [-0.1, -0.05) is 35.9 Å². The minimum atomic E-state index is -0.194. The van der Waals surface area contributed by atoms with Gasteiger partial charge in [0.05, 0.1) is 10.7 Å². The van der Waals surface area contributed by atoms with Gasteiger partial charge in [0.15, 0.2) is 0 Å². The van der Waals surface area contributed by atoms with Crippen molar-refractivity contribution in [3.8, 4) is 0 Å². The fourth-order valence-electron chi connectivity index (χ4n) is 2.45. The molecule has 1 heterocycles. The molecule has 0 saturated carbocycles. The lowest BCUT2D eigenvalue weighted by molar-refractivity contribution is 0.102. The zero-order valence-electron chi connectivity index (χ0n) is 11.8. The van der Waals surface area contributed by atoms with Crippen LogP contribution in [0, 0.1) is 13.8 Å². The minimum Gasteiger partial charge on any atom is -0.351 e. The number of hydrogen-bond acceptors (Lipinski definition) is 1. The number of nitrogens with one attached hydrogen (secondary N) is 2. The second-order valence-corrected chi connectivity index (χ2v) is 5.57. The Bertz CT molecular complexity index is 780. The molecule has 0 aliphatic rings. The van der Waals surface area contributed by atoms with E-state index in [0.29, 0.717) is 16.4 Å². The highest BCUT2D eigenvalue weighted by molar-refractivity contribution is 6.34. The first-order chi connectivity index (χ1) is 10.0. The van der Waals surface area contributed by atoms with Crippen molar-refractivity contribution >= 4 is 34.1 Å². The molecule has 0 aliphatic heterocycles. The van der Waals surface area contributed by atoms with Crippen molar-refractivity contribution in [2.45, 2.75) is 13.8 Å². The van der Waals surface area contributed by atoms with Crippen LogP contribution in [-0.4, -0.2) is 10.9 Å². The number of rotatable bonds is 2. The first kappa shape index (κ1) is 13.7. The summed E-state index contributed by atoms with van der Waals surface area (Å²) in [6.07, 6.45) is 0. The van der Waals surface area contributed by atoms with Crippen LogP contribution >= 0.6 is 11.6 Å². The van der Waals surface area contributed by atoms with Crippen LogP contribution in [0.4, 0.5) is 5.69 Å². The number of carbonyl (C=O) groups is 1. The monoisotopic (exact) mass is 298 g/mol. The molecule has 0 bridgehead atoms. The van der Waals surface area contributed by atoms with E-state index < -0.39 is 0 Å². The number of carbonyl (C=O) groups excluding carboxylic acids is 1. The number of para-hydroxylation sites is 1. The largest absolute Gasteiger partial charge is 0.351 e. The molecular formula is C17H15ClN2O. The number of anilines is 1. The third-order valence-electron chi connectivity index (χ3n) is 3.44. The summed E-state index contributed by atoms with van der Waals surface area (Å²) in [6.45, 7) is 3.90. The predicted molar refractivity (Wildman–Crippen MR) is 87.2 cm³/mol. The predicted octanol–water partition coefficient (Wildman–Crippen LogP) is 4.69. The SMILES string of the molecule is Cc1cc(C)c(NC(=O)c2cc3ccccc3[nH]2)c(Cl)c1. The van der Waals surface area contributed by atoms with Gasteiger partial charge in [-0.3, -0.25) is 4.79 Å². The van der Waals surface area contributed by atoms with Crippen LogP contribution in [0.3, 0.4) is 0 Å². The van der Waals surface area contributed by atoms with Gasteiger partial charge in [0, 0.05) is 10.9 Å². The van der Waals surface area contributed by atoms with Crippen molar-refractivity contribution in [2.24, 2.45) is 0 Å². The Hall–Kier alpha value is -2.26. The smallest absolute Gasteiger partial charge is 0.272 e. The Morgan fingerprint density at radius 1 is 1.14 bits per heavy atom. The van der Waals surface area contributed by atoms with Gasteiger partial charge in [0.2, 0.25) is 0 Å². The lowest BCUT2D eigenvalue weighted by Crippen LogP contribution is -2.13. The van der Waals surface area contributed by atoms with Gasteiger partial charge in [-0.15, -0.1) is 0 Å². The van der Waals surface area contributed by atoms with E-state index in [1.165, 1.54) is 0 Å². The number of aromatic nitrogens is 1. The Morgan fingerprint density at radius 3 is 2.62 bits per heavy atom. The summed E-state index contributed by atoms with van der Waals surface area (Å²) in [5, 5.41) is 4.44. The molecule has 0 fully saturated rings. The summed E-state index contributed by atoms with van der Waals surface area (Å²) in [7, 11) is 0. The summed E-state index contributed by atoms with van der Waals surface area (Å²) >= 11 is 6.22. The highest BCUT2D eigenvalue weighted by Gasteiger charge is 2.13. The Balaban J connectivity index is 1.93. The van der Waals surface area contributed by atoms with Gasteiger partial charge in [0.25, 0.3) is 5.91 Å². The topological polar surface area (TPSA) is 44.9 Å². The summed E-state index contributed by atoms with van der Waals surface area (Å²) < 4.78 is 0. The van der Waals surface area contributed by atoms with E-state index in [1.54, 1.807) is 0 Å². The van der Waals surface area contributed by atoms with E-state index in [2.05, 4.69) is 10.3 Å². The molecule has 0 saturated heterocycles. The zero-order valence-corrected chi connectivity index (χ0v) is 12.6. The number of benzene rings is 2. The van der Waals surface area contributed by atoms with Gasteiger partial charge < -0.3 is 10.3 Å². The second-order valence-electron chi connectivity index (χ2n) is 5.16. The fraction of sp³-hybridized carbons (Fsp3) is 0.118. The third kappa shape index (κ3) is 2.65. The molecule has 0 aliphatic carbocycles. The van der Waals surface area contributed by atoms with Gasteiger partial charge in [-0.2, -0.15) is 0 Å². The number of amides is 1. The van der Waals surface area contributed by atoms with Crippen LogP contribution in [0.2, 0.25) is 5.02 Å². The van der Waals surface area contributed by atoms with E-state index in [0.717, 1.165) is 22.0 Å². The van der Waals surface area contributed by atoms with Crippen LogP contribution in [0.1, 0.15) is 21.6 Å². The van der Waals surface area contributed by atoms with Crippen LogP contribution in [0.5, 0.6) is 0 Å².